The number of hydrogen-bond donors (Lipinski definition) is 1. The lowest BCUT2D eigenvalue weighted by Crippen LogP contribution is -2.10. The Labute approximate surface area is 128 Å². The Morgan fingerprint density at radius 2 is 1.57 bits per heavy atom. The van der Waals surface area contributed by atoms with Crippen molar-refractivity contribution in [1.29, 1.82) is 0 Å². The molecule has 0 amide bonds. The molecule has 2 unspecified atom stereocenters. The van der Waals surface area contributed by atoms with Crippen LogP contribution in [0, 0.1) is 5.92 Å². The number of benzene rings is 2. The Balaban J connectivity index is 2.23. The maximum Gasteiger partial charge on any atom is 0.0858 e. The van der Waals surface area contributed by atoms with Crippen molar-refractivity contribution in [2.24, 2.45) is 5.92 Å². The molecular formula is C20H26O. The summed E-state index contributed by atoms with van der Waals surface area (Å²) in [6.07, 6.45) is 1.55. The molecule has 21 heavy (non-hydrogen) atoms. The maximum absolute atomic E-state index is 10.8. The van der Waals surface area contributed by atoms with E-state index >= 15 is 0 Å². The molecule has 2 rings (SSSR count). The summed E-state index contributed by atoms with van der Waals surface area (Å²) in [6.45, 7) is 6.59. The molecule has 0 aliphatic rings. The highest BCUT2D eigenvalue weighted by atomic mass is 16.3. The third kappa shape index (κ3) is 4.18. The van der Waals surface area contributed by atoms with Gasteiger partial charge in [-0.2, -0.15) is 0 Å². The van der Waals surface area contributed by atoms with Crippen molar-refractivity contribution in [1.82, 2.24) is 0 Å². The molecule has 0 bridgehead atoms. The molecule has 0 aromatic heterocycles. The van der Waals surface area contributed by atoms with Crippen LogP contribution in [0.25, 0.3) is 0 Å². The Hall–Kier alpha value is -1.60. The zero-order valence-corrected chi connectivity index (χ0v) is 13.3. The largest absolute Gasteiger partial charge is 0.388 e. The first-order valence-electron chi connectivity index (χ1n) is 7.93. The van der Waals surface area contributed by atoms with Crippen molar-refractivity contribution in [3.63, 3.8) is 0 Å². The van der Waals surface area contributed by atoms with Crippen molar-refractivity contribution < 1.29 is 5.11 Å². The van der Waals surface area contributed by atoms with E-state index in [1.165, 1.54) is 11.1 Å². The third-order valence-corrected chi connectivity index (χ3v) is 3.99. The second-order valence-corrected chi connectivity index (χ2v) is 6.21. The van der Waals surface area contributed by atoms with Crippen LogP contribution in [0.2, 0.25) is 0 Å². The monoisotopic (exact) mass is 282 g/mol. The summed E-state index contributed by atoms with van der Waals surface area (Å²) in [7, 11) is 0. The number of rotatable bonds is 6. The second kappa shape index (κ2) is 7.42. The van der Waals surface area contributed by atoms with Gasteiger partial charge in [0.2, 0.25) is 0 Å². The quantitative estimate of drug-likeness (QED) is 0.780. The Kier molecular flexibility index (Phi) is 5.58. The predicted octanol–water partition coefficient (Wildman–Crippen LogP) is 5.11. The zero-order valence-electron chi connectivity index (χ0n) is 13.3. The molecule has 0 fully saturated rings. The van der Waals surface area contributed by atoms with Gasteiger partial charge in [0.05, 0.1) is 6.10 Å². The van der Waals surface area contributed by atoms with Crippen LogP contribution >= 0.6 is 0 Å². The lowest BCUT2D eigenvalue weighted by Gasteiger charge is -2.23. The van der Waals surface area contributed by atoms with E-state index in [-0.39, 0.29) is 5.92 Å². The summed E-state index contributed by atoms with van der Waals surface area (Å²) in [4.78, 5) is 0. The van der Waals surface area contributed by atoms with Crippen LogP contribution in [-0.4, -0.2) is 5.11 Å². The van der Waals surface area contributed by atoms with E-state index in [0.29, 0.717) is 5.92 Å². The van der Waals surface area contributed by atoms with Crippen LogP contribution in [0.4, 0.5) is 0 Å². The fourth-order valence-electron chi connectivity index (χ4n) is 2.95. The molecule has 1 heteroatoms. The van der Waals surface area contributed by atoms with Gasteiger partial charge in [-0.25, -0.2) is 0 Å². The highest BCUT2D eigenvalue weighted by Gasteiger charge is 2.21. The highest BCUT2D eigenvalue weighted by molar-refractivity contribution is 5.30. The normalized spacial score (nSPS) is 14.1. The van der Waals surface area contributed by atoms with Crippen molar-refractivity contribution in [3.8, 4) is 0 Å². The summed E-state index contributed by atoms with van der Waals surface area (Å²) in [6, 6.07) is 18.7. The van der Waals surface area contributed by atoms with Crippen LogP contribution in [0.3, 0.4) is 0 Å². The van der Waals surface area contributed by atoms with Gasteiger partial charge in [-0.15, -0.1) is 0 Å². The molecular weight excluding hydrogens is 256 g/mol. The molecule has 0 spiro atoms. The molecule has 0 heterocycles. The van der Waals surface area contributed by atoms with Gasteiger partial charge in [-0.05, 0) is 35.4 Å². The molecule has 2 aromatic rings. The Bertz CT molecular complexity index is 545. The minimum Gasteiger partial charge on any atom is -0.388 e. The summed E-state index contributed by atoms with van der Waals surface area (Å²) in [5, 5.41) is 10.8. The molecule has 2 aromatic carbocycles. The average molecular weight is 282 g/mol. The van der Waals surface area contributed by atoms with E-state index in [1.807, 2.05) is 24.3 Å². The number of hydrogen-bond acceptors (Lipinski definition) is 1. The SMILES string of the molecule is CCC(c1ccccc1)C(O)c1cccc(CC(C)C)c1. The van der Waals surface area contributed by atoms with Gasteiger partial charge in [-0.1, -0.05) is 75.4 Å². The first-order chi connectivity index (χ1) is 10.1. The molecule has 2 atom stereocenters. The Morgan fingerprint density at radius 1 is 0.905 bits per heavy atom. The minimum absolute atomic E-state index is 0.153. The standard InChI is InChI=1S/C20H26O/c1-4-19(17-10-6-5-7-11-17)20(21)18-12-8-9-16(14-18)13-15(2)3/h5-12,14-15,19-21H,4,13H2,1-3H3. The lowest BCUT2D eigenvalue weighted by atomic mass is 9.86. The smallest absolute Gasteiger partial charge is 0.0858 e. The van der Waals surface area contributed by atoms with E-state index in [2.05, 4.69) is 51.1 Å². The summed E-state index contributed by atoms with van der Waals surface area (Å²) in [5.41, 5.74) is 3.55. The fraction of sp³-hybridized carbons (Fsp3) is 0.400. The number of aliphatic hydroxyl groups excluding tert-OH is 1. The molecule has 0 radical (unpaired) electrons. The third-order valence-electron chi connectivity index (χ3n) is 3.99. The zero-order chi connectivity index (χ0) is 15.2. The molecule has 0 saturated heterocycles. The summed E-state index contributed by atoms with van der Waals surface area (Å²) >= 11 is 0. The van der Waals surface area contributed by atoms with E-state index in [0.717, 1.165) is 18.4 Å². The van der Waals surface area contributed by atoms with E-state index < -0.39 is 6.10 Å². The van der Waals surface area contributed by atoms with Gasteiger partial charge >= 0.3 is 0 Å². The highest BCUT2D eigenvalue weighted by Crippen LogP contribution is 2.33. The van der Waals surface area contributed by atoms with Crippen molar-refractivity contribution in [3.05, 3.63) is 71.3 Å². The molecule has 0 saturated carbocycles. The van der Waals surface area contributed by atoms with Gasteiger partial charge in [0.15, 0.2) is 0 Å². The number of aliphatic hydroxyl groups is 1. The molecule has 0 aliphatic heterocycles. The molecule has 112 valence electrons. The topological polar surface area (TPSA) is 20.2 Å². The van der Waals surface area contributed by atoms with Crippen LogP contribution in [0.5, 0.6) is 0 Å². The first kappa shape index (κ1) is 15.8. The van der Waals surface area contributed by atoms with Crippen molar-refractivity contribution in [2.75, 3.05) is 0 Å². The van der Waals surface area contributed by atoms with Crippen LogP contribution < -0.4 is 0 Å². The van der Waals surface area contributed by atoms with Crippen LogP contribution in [0.15, 0.2) is 54.6 Å². The van der Waals surface area contributed by atoms with E-state index in [1.54, 1.807) is 0 Å². The van der Waals surface area contributed by atoms with Gasteiger partial charge in [0.1, 0.15) is 0 Å². The fourth-order valence-corrected chi connectivity index (χ4v) is 2.95. The second-order valence-electron chi connectivity index (χ2n) is 6.21. The predicted molar refractivity (Wildman–Crippen MR) is 89.4 cm³/mol. The van der Waals surface area contributed by atoms with Crippen molar-refractivity contribution in [2.45, 2.75) is 45.6 Å². The van der Waals surface area contributed by atoms with E-state index in [9.17, 15) is 5.11 Å². The van der Waals surface area contributed by atoms with Crippen LogP contribution in [0.1, 0.15) is 55.9 Å². The lowest BCUT2D eigenvalue weighted by molar-refractivity contribution is 0.142. The molecule has 1 nitrogen and oxygen atoms in total. The van der Waals surface area contributed by atoms with Gasteiger partial charge < -0.3 is 5.11 Å². The van der Waals surface area contributed by atoms with Crippen LogP contribution in [-0.2, 0) is 6.42 Å². The van der Waals surface area contributed by atoms with Gasteiger partial charge in [-0.3, -0.25) is 0 Å². The maximum atomic E-state index is 10.8. The van der Waals surface area contributed by atoms with E-state index in [4.69, 9.17) is 0 Å². The molecule has 0 aliphatic carbocycles. The molecule has 1 N–H and O–H groups in total. The average Bonchev–Trinajstić information content (AvgIpc) is 2.48. The minimum atomic E-state index is -0.440. The van der Waals surface area contributed by atoms with Gasteiger partial charge in [0, 0.05) is 5.92 Å². The summed E-state index contributed by atoms with van der Waals surface area (Å²) in [5.74, 6) is 0.786. The first-order valence-corrected chi connectivity index (χ1v) is 7.93. The van der Waals surface area contributed by atoms with Crippen molar-refractivity contribution >= 4 is 0 Å². The van der Waals surface area contributed by atoms with Gasteiger partial charge in [0.25, 0.3) is 0 Å². The summed E-state index contributed by atoms with van der Waals surface area (Å²) < 4.78 is 0. The Morgan fingerprint density at radius 3 is 2.19 bits per heavy atom.